The van der Waals surface area contributed by atoms with Gasteiger partial charge >= 0.3 is 0 Å². The van der Waals surface area contributed by atoms with Gasteiger partial charge in [-0.3, -0.25) is 4.90 Å². The van der Waals surface area contributed by atoms with E-state index >= 15 is 0 Å². The van der Waals surface area contributed by atoms with Crippen molar-refractivity contribution in [3.05, 3.63) is 72.3 Å². The summed E-state index contributed by atoms with van der Waals surface area (Å²) in [7, 11) is 0. The summed E-state index contributed by atoms with van der Waals surface area (Å²) in [4.78, 5) is 2.59. The number of hydrogen-bond donors (Lipinski definition) is 1. The first-order valence-corrected chi connectivity index (χ1v) is 8.48. The number of rotatable bonds is 5. The van der Waals surface area contributed by atoms with Crippen LogP contribution in [-0.2, 0) is 0 Å². The van der Waals surface area contributed by atoms with E-state index in [1.807, 2.05) is 0 Å². The molecule has 0 radical (unpaired) electrons. The molecule has 120 valence electrons. The van der Waals surface area contributed by atoms with Crippen LogP contribution in [0.25, 0.3) is 11.1 Å². The second-order valence-electron chi connectivity index (χ2n) is 6.45. The van der Waals surface area contributed by atoms with Gasteiger partial charge in [0.2, 0.25) is 0 Å². The average Bonchev–Trinajstić information content (AvgIpc) is 2.61. The molecule has 1 N–H and O–H groups in total. The minimum absolute atomic E-state index is 0.444. The Kier molecular flexibility index (Phi) is 5.27. The van der Waals surface area contributed by atoms with Crippen LogP contribution in [0.1, 0.15) is 24.9 Å². The van der Waals surface area contributed by atoms with Crippen LogP contribution in [0.2, 0.25) is 0 Å². The van der Waals surface area contributed by atoms with E-state index in [-0.39, 0.29) is 0 Å². The second-order valence-corrected chi connectivity index (χ2v) is 6.45. The van der Waals surface area contributed by atoms with Gasteiger partial charge in [0.05, 0.1) is 0 Å². The highest BCUT2D eigenvalue weighted by Gasteiger charge is 2.22. The van der Waals surface area contributed by atoms with E-state index in [4.69, 9.17) is 0 Å². The lowest BCUT2D eigenvalue weighted by Gasteiger charge is -2.35. The standard InChI is InChI=1S/C21H26N2/c1-17(2)16-21(23-14-12-22-13-15-23)20-10-8-19(9-11-20)18-6-4-3-5-7-18/h3-11,21-22H,1,12-16H2,2H3/t21-/m0/s1. The maximum absolute atomic E-state index is 4.14. The highest BCUT2D eigenvalue weighted by Crippen LogP contribution is 2.29. The highest BCUT2D eigenvalue weighted by molar-refractivity contribution is 5.63. The number of hydrogen-bond acceptors (Lipinski definition) is 2. The predicted molar refractivity (Wildman–Crippen MR) is 98.5 cm³/mol. The zero-order chi connectivity index (χ0) is 16.1. The van der Waals surface area contributed by atoms with Gasteiger partial charge in [0, 0.05) is 32.2 Å². The zero-order valence-electron chi connectivity index (χ0n) is 14.0. The van der Waals surface area contributed by atoms with Gasteiger partial charge < -0.3 is 5.32 Å². The van der Waals surface area contributed by atoms with Crippen LogP contribution in [0, 0.1) is 0 Å². The van der Waals surface area contributed by atoms with Crippen LogP contribution in [0.15, 0.2) is 66.7 Å². The first kappa shape index (κ1) is 16.0. The largest absolute Gasteiger partial charge is 0.314 e. The van der Waals surface area contributed by atoms with E-state index in [9.17, 15) is 0 Å². The molecule has 2 aromatic carbocycles. The van der Waals surface area contributed by atoms with E-state index < -0.39 is 0 Å². The first-order chi connectivity index (χ1) is 11.2. The molecule has 0 bridgehead atoms. The minimum atomic E-state index is 0.444. The Morgan fingerprint density at radius 1 is 1.00 bits per heavy atom. The van der Waals surface area contributed by atoms with E-state index in [0.29, 0.717) is 6.04 Å². The van der Waals surface area contributed by atoms with Crippen molar-refractivity contribution in [3.63, 3.8) is 0 Å². The molecular formula is C21H26N2. The molecule has 2 heteroatoms. The topological polar surface area (TPSA) is 15.3 Å². The molecular weight excluding hydrogens is 280 g/mol. The van der Waals surface area contributed by atoms with Crippen LogP contribution < -0.4 is 5.32 Å². The fourth-order valence-corrected chi connectivity index (χ4v) is 3.31. The molecule has 1 saturated heterocycles. The van der Waals surface area contributed by atoms with Crippen molar-refractivity contribution in [3.8, 4) is 11.1 Å². The van der Waals surface area contributed by atoms with Crippen molar-refractivity contribution in [2.45, 2.75) is 19.4 Å². The summed E-state index contributed by atoms with van der Waals surface area (Å²) in [6.07, 6.45) is 1.03. The Bertz CT molecular complexity index is 625. The molecule has 0 aromatic heterocycles. The van der Waals surface area contributed by atoms with Crippen molar-refractivity contribution in [2.24, 2.45) is 0 Å². The smallest absolute Gasteiger partial charge is 0.0386 e. The van der Waals surface area contributed by atoms with Gasteiger partial charge in [0.1, 0.15) is 0 Å². The summed E-state index contributed by atoms with van der Waals surface area (Å²) in [6, 6.07) is 20.1. The fraction of sp³-hybridized carbons (Fsp3) is 0.333. The van der Waals surface area contributed by atoms with Gasteiger partial charge in [-0.2, -0.15) is 0 Å². The van der Waals surface area contributed by atoms with Gasteiger partial charge in [-0.1, -0.05) is 60.2 Å². The average molecular weight is 306 g/mol. The quantitative estimate of drug-likeness (QED) is 0.830. The van der Waals surface area contributed by atoms with Crippen molar-refractivity contribution in [2.75, 3.05) is 26.2 Å². The Morgan fingerprint density at radius 3 is 2.22 bits per heavy atom. The molecule has 0 spiro atoms. The lowest BCUT2D eigenvalue weighted by Crippen LogP contribution is -2.45. The first-order valence-electron chi connectivity index (χ1n) is 8.48. The van der Waals surface area contributed by atoms with Gasteiger partial charge in [-0.05, 0) is 30.0 Å². The minimum Gasteiger partial charge on any atom is -0.314 e. The Balaban J connectivity index is 1.82. The lowest BCUT2D eigenvalue weighted by molar-refractivity contribution is 0.172. The molecule has 1 aliphatic rings. The SMILES string of the molecule is C=C(C)C[C@@H](c1ccc(-c2ccccc2)cc1)N1CCNCC1. The normalized spacial score (nSPS) is 16.9. The van der Waals surface area contributed by atoms with Crippen LogP contribution in [0.5, 0.6) is 0 Å². The third kappa shape index (κ3) is 4.10. The van der Waals surface area contributed by atoms with Gasteiger partial charge in [0.15, 0.2) is 0 Å². The molecule has 1 fully saturated rings. The zero-order valence-corrected chi connectivity index (χ0v) is 14.0. The monoisotopic (exact) mass is 306 g/mol. The fourth-order valence-electron chi connectivity index (χ4n) is 3.31. The molecule has 0 amide bonds. The molecule has 0 aliphatic carbocycles. The lowest BCUT2D eigenvalue weighted by atomic mass is 9.95. The van der Waals surface area contributed by atoms with E-state index in [2.05, 4.69) is 78.3 Å². The van der Waals surface area contributed by atoms with E-state index in [1.54, 1.807) is 0 Å². The molecule has 23 heavy (non-hydrogen) atoms. The Hall–Kier alpha value is -1.90. The van der Waals surface area contributed by atoms with Crippen molar-refractivity contribution in [1.29, 1.82) is 0 Å². The Morgan fingerprint density at radius 2 is 1.61 bits per heavy atom. The highest BCUT2D eigenvalue weighted by atomic mass is 15.2. The van der Waals surface area contributed by atoms with E-state index in [1.165, 1.54) is 22.3 Å². The number of nitrogens with one attached hydrogen (secondary N) is 1. The molecule has 2 nitrogen and oxygen atoms in total. The van der Waals surface area contributed by atoms with Crippen LogP contribution in [0.3, 0.4) is 0 Å². The maximum atomic E-state index is 4.14. The molecule has 2 aromatic rings. The molecule has 3 rings (SSSR count). The summed E-state index contributed by atoms with van der Waals surface area (Å²) < 4.78 is 0. The number of piperazine rings is 1. The summed E-state index contributed by atoms with van der Waals surface area (Å²) in [6.45, 7) is 10.6. The van der Waals surface area contributed by atoms with Crippen molar-refractivity contribution in [1.82, 2.24) is 10.2 Å². The number of benzene rings is 2. The third-order valence-electron chi connectivity index (χ3n) is 4.54. The second kappa shape index (κ2) is 7.58. The summed E-state index contributed by atoms with van der Waals surface area (Å²) in [5.74, 6) is 0. The molecule has 1 atom stereocenters. The molecule has 1 heterocycles. The summed E-state index contributed by atoms with van der Waals surface area (Å²) in [5.41, 5.74) is 5.21. The number of nitrogens with zero attached hydrogens (tertiary/aromatic N) is 1. The Labute approximate surface area is 139 Å². The third-order valence-corrected chi connectivity index (χ3v) is 4.54. The summed E-state index contributed by atoms with van der Waals surface area (Å²) >= 11 is 0. The molecule has 0 unspecified atom stereocenters. The van der Waals surface area contributed by atoms with Crippen molar-refractivity contribution < 1.29 is 0 Å². The van der Waals surface area contributed by atoms with Gasteiger partial charge in [-0.15, -0.1) is 6.58 Å². The summed E-state index contributed by atoms with van der Waals surface area (Å²) in [5, 5.41) is 3.44. The predicted octanol–water partition coefficient (Wildman–Crippen LogP) is 4.27. The van der Waals surface area contributed by atoms with Crippen LogP contribution in [-0.4, -0.2) is 31.1 Å². The molecule has 1 aliphatic heterocycles. The van der Waals surface area contributed by atoms with Crippen molar-refractivity contribution >= 4 is 0 Å². The molecule has 0 saturated carbocycles. The van der Waals surface area contributed by atoms with Gasteiger partial charge in [0.25, 0.3) is 0 Å². The van der Waals surface area contributed by atoms with E-state index in [0.717, 1.165) is 32.6 Å². The van der Waals surface area contributed by atoms with Crippen LogP contribution >= 0.6 is 0 Å². The van der Waals surface area contributed by atoms with Gasteiger partial charge in [-0.25, -0.2) is 0 Å². The maximum Gasteiger partial charge on any atom is 0.0386 e. The van der Waals surface area contributed by atoms with Crippen LogP contribution in [0.4, 0.5) is 0 Å².